The highest BCUT2D eigenvalue weighted by Crippen LogP contribution is 2.24. The molecule has 2 rings (SSSR count). The summed E-state index contributed by atoms with van der Waals surface area (Å²) in [7, 11) is 3.18. The number of pyridine rings is 1. The van der Waals surface area contributed by atoms with Crippen LogP contribution in [0.3, 0.4) is 0 Å². The number of ether oxygens (including phenoxy) is 1. The molecule has 1 N–H and O–H groups in total. The van der Waals surface area contributed by atoms with E-state index in [9.17, 15) is 4.79 Å². The van der Waals surface area contributed by atoms with Gasteiger partial charge in [0.05, 0.1) is 7.11 Å². The number of rotatable bonds is 4. The maximum absolute atomic E-state index is 10.4. The van der Waals surface area contributed by atoms with Crippen molar-refractivity contribution in [2.24, 2.45) is 7.05 Å². The molecule has 0 radical (unpaired) electrons. The molecule has 8 heteroatoms. The second kappa shape index (κ2) is 4.56. The van der Waals surface area contributed by atoms with Crippen LogP contribution in [-0.4, -0.2) is 38.7 Å². The number of carbonyl (C=O) groups excluding carboxylic acids is 1. The van der Waals surface area contributed by atoms with Crippen molar-refractivity contribution < 1.29 is 9.53 Å². The van der Waals surface area contributed by atoms with Gasteiger partial charge in [-0.25, -0.2) is 9.67 Å². The molecule has 0 aliphatic rings. The quantitative estimate of drug-likeness (QED) is 0.739. The van der Waals surface area contributed by atoms with Gasteiger partial charge < -0.3 is 10.1 Å². The molecule has 1 amide bonds. The molecule has 88 valence electrons. The van der Waals surface area contributed by atoms with Crippen LogP contribution in [0.4, 0.5) is 5.69 Å². The van der Waals surface area contributed by atoms with Crippen molar-refractivity contribution in [3.8, 4) is 17.4 Å². The van der Waals surface area contributed by atoms with Gasteiger partial charge in [0.2, 0.25) is 18.1 Å². The first-order chi connectivity index (χ1) is 8.26. The molecule has 0 bridgehead atoms. The highest BCUT2D eigenvalue weighted by molar-refractivity contribution is 5.75. The zero-order valence-electron chi connectivity index (χ0n) is 9.28. The van der Waals surface area contributed by atoms with Crippen molar-refractivity contribution in [2.45, 2.75) is 0 Å². The molecule has 8 nitrogen and oxygen atoms in total. The highest BCUT2D eigenvalue weighted by atomic mass is 16.5. The highest BCUT2D eigenvalue weighted by Gasteiger charge is 2.11. The Kier molecular flexibility index (Phi) is 2.95. The van der Waals surface area contributed by atoms with Gasteiger partial charge in [0.25, 0.3) is 0 Å². The number of carbonyl (C=O) groups is 1. The van der Waals surface area contributed by atoms with Crippen LogP contribution >= 0.6 is 0 Å². The Hall–Kier alpha value is -2.51. The fourth-order valence-electron chi connectivity index (χ4n) is 1.34. The van der Waals surface area contributed by atoms with E-state index < -0.39 is 0 Å². The van der Waals surface area contributed by atoms with Crippen LogP contribution in [0.15, 0.2) is 12.1 Å². The zero-order valence-corrected chi connectivity index (χ0v) is 9.28. The van der Waals surface area contributed by atoms with Gasteiger partial charge in [-0.05, 0) is 22.6 Å². The molecule has 2 aromatic rings. The topological polar surface area (TPSA) is 94.8 Å². The molecule has 0 aliphatic heterocycles. The first kappa shape index (κ1) is 11.0. The van der Waals surface area contributed by atoms with Gasteiger partial charge in [0.15, 0.2) is 0 Å². The summed E-state index contributed by atoms with van der Waals surface area (Å²) in [5.74, 6) is 0.818. The van der Waals surface area contributed by atoms with Gasteiger partial charge in [-0.1, -0.05) is 0 Å². The van der Waals surface area contributed by atoms with Crippen molar-refractivity contribution in [3.63, 3.8) is 0 Å². The molecule has 0 saturated carbocycles. The lowest BCUT2D eigenvalue weighted by atomic mass is 10.3. The molecule has 0 aliphatic carbocycles. The summed E-state index contributed by atoms with van der Waals surface area (Å²) in [6.45, 7) is 0. The summed E-state index contributed by atoms with van der Waals surface area (Å²) in [4.78, 5) is 14.6. The predicted molar refractivity (Wildman–Crippen MR) is 58.3 cm³/mol. The van der Waals surface area contributed by atoms with Gasteiger partial charge >= 0.3 is 0 Å². The lowest BCUT2D eigenvalue weighted by molar-refractivity contribution is -0.105. The Bertz CT molecular complexity index is 538. The normalized spacial score (nSPS) is 10.0. The lowest BCUT2D eigenvalue weighted by Crippen LogP contribution is -2.02. The fraction of sp³-hybridized carbons (Fsp3) is 0.222. The van der Waals surface area contributed by atoms with Crippen molar-refractivity contribution in [3.05, 3.63) is 12.1 Å². The molecule has 17 heavy (non-hydrogen) atoms. The minimum Gasteiger partial charge on any atom is -0.479 e. The first-order valence-corrected chi connectivity index (χ1v) is 4.74. The van der Waals surface area contributed by atoms with Gasteiger partial charge in [-0.2, -0.15) is 0 Å². The Morgan fingerprint density at radius 1 is 1.47 bits per heavy atom. The molecule has 0 spiro atoms. The zero-order chi connectivity index (χ0) is 12.3. The largest absolute Gasteiger partial charge is 0.479 e. The number of tetrazole rings is 1. The summed E-state index contributed by atoms with van der Waals surface area (Å²) >= 11 is 0. The maximum Gasteiger partial charge on any atom is 0.238 e. The minimum atomic E-state index is 0.303. The van der Waals surface area contributed by atoms with E-state index in [0.717, 1.165) is 0 Å². The van der Waals surface area contributed by atoms with Crippen LogP contribution in [-0.2, 0) is 11.8 Å². The predicted octanol–water partition coefficient (Wildman–Crippen LogP) is -0.151. The molecule has 0 unspecified atom stereocenters. The molecule has 0 saturated heterocycles. The van der Waals surface area contributed by atoms with Crippen LogP contribution in [0, 0.1) is 0 Å². The number of aromatic nitrogens is 5. The molecule has 0 fully saturated rings. The lowest BCUT2D eigenvalue weighted by Gasteiger charge is -2.07. The van der Waals surface area contributed by atoms with Gasteiger partial charge in [-0.3, -0.25) is 4.79 Å². The first-order valence-electron chi connectivity index (χ1n) is 4.74. The van der Waals surface area contributed by atoms with Gasteiger partial charge in [-0.15, -0.1) is 5.10 Å². The molecule has 2 aromatic heterocycles. The summed E-state index contributed by atoms with van der Waals surface area (Å²) in [5, 5.41) is 13.6. The van der Waals surface area contributed by atoms with E-state index in [1.54, 1.807) is 19.2 Å². The Morgan fingerprint density at radius 2 is 2.29 bits per heavy atom. The van der Waals surface area contributed by atoms with Gasteiger partial charge in [0, 0.05) is 7.05 Å². The summed E-state index contributed by atoms with van der Waals surface area (Å²) < 4.78 is 6.56. The Morgan fingerprint density at radius 3 is 2.88 bits per heavy atom. The molecular formula is C9H10N6O2. The summed E-state index contributed by atoms with van der Waals surface area (Å²) in [6, 6.07) is 3.37. The fourth-order valence-corrected chi connectivity index (χ4v) is 1.34. The van der Waals surface area contributed by atoms with Crippen LogP contribution in [0.1, 0.15) is 0 Å². The minimum absolute atomic E-state index is 0.303. The Labute approximate surface area is 96.6 Å². The third-order valence-corrected chi connectivity index (χ3v) is 2.12. The van der Waals surface area contributed by atoms with Crippen LogP contribution < -0.4 is 10.1 Å². The van der Waals surface area contributed by atoms with Crippen LogP contribution in [0.5, 0.6) is 5.88 Å². The van der Waals surface area contributed by atoms with Crippen molar-refractivity contribution >= 4 is 12.1 Å². The van der Waals surface area contributed by atoms with Gasteiger partial charge in [0.1, 0.15) is 11.4 Å². The number of hydrogen-bond donors (Lipinski definition) is 1. The molecule has 2 heterocycles. The SMILES string of the molecule is COc1nc(-c2nnnn2C)ccc1NC=O. The molecular weight excluding hydrogens is 224 g/mol. The number of methoxy groups -OCH3 is 1. The Balaban J connectivity index is 2.44. The van der Waals surface area contributed by atoms with E-state index in [1.807, 2.05) is 0 Å². The monoisotopic (exact) mass is 234 g/mol. The van der Waals surface area contributed by atoms with Crippen molar-refractivity contribution in [1.29, 1.82) is 0 Å². The smallest absolute Gasteiger partial charge is 0.238 e. The number of aryl methyl sites for hydroxylation is 1. The second-order valence-electron chi connectivity index (χ2n) is 3.14. The second-order valence-corrected chi connectivity index (χ2v) is 3.14. The molecule has 0 atom stereocenters. The third kappa shape index (κ3) is 2.05. The number of anilines is 1. The van der Waals surface area contributed by atoms with E-state index in [0.29, 0.717) is 29.5 Å². The number of nitrogens with zero attached hydrogens (tertiary/aromatic N) is 5. The number of hydrogen-bond acceptors (Lipinski definition) is 6. The van der Waals surface area contributed by atoms with Crippen LogP contribution in [0.25, 0.3) is 11.5 Å². The van der Waals surface area contributed by atoms with E-state index in [2.05, 4.69) is 25.8 Å². The van der Waals surface area contributed by atoms with Crippen molar-refractivity contribution in [1.82, 2.24) is 25.2 Å². The van der Waals surface area contributed by atoms with E-state index in [-0.39, 0.29) is 0 Å². The average molecular weight is 234 g/mol. The van der Waals surface area contributed by atoms with E-state index in [4.69, 9.17) is 4.74 Å². The number of amides is 1. The maximum atomic E-state index is 10.4. The van der Waals surface area contributed by atoms with E-state index in [1.165, 1.54) is 11.8 Å². The summed E-state index contributed by atoms with van der Waals surface area (Å²) in [5.41, 5.74) is 1.05. The van der Waals surface area contributed by atoms with Crippen LogP contribution in [0.2, 0.25) is 0 Å². The van der Waals surface area contributed by atoms with E-state index >= 15 is 0 Å². The number of nitrogens with one attached hydrogen (secondary N) is 1. The molecule has 0 aromatic carbocycles. The average Bonchev–Trinajstić information content (AvgIpc) is 2.76. The summed E-state index contributed by atoms with van der Waals surface area (Å²) in [6.07, 6.45) is 0.559. The third-order valence-electron chi connectivity index (χ3n) is 2.12. The van der Waals surface area contributed by atoms with Crippen molar-refractivity contribution in [2.75, 3.05) is 12.4 Å². The standard InChI is InChI=1S/C9H10N6O2/c1-15-8(12-13-14-15)6-3-4-7(10-5-16)9(11-6)17-2/h3-5H,1-2H3,(H,10,16).